The zero-order chi connectivity index (χ0) is 17.1. The monoisotopic (exact) mass is 340 g/mol. The number of nitro benzene ring substituents is 1. The molecule has 0 aliphatic carbocycles. The van der Waals surface area contributed by atoms with Crippen LogP contribution in [-0.4, -0.2) is 27.8 Å². The molecule has 7 heteroatoms. The van der Waals surface area contributed by atoms with E-state index in [0.717, 1.165) is 16.8 Å². The summed E-state index contributed by atoms with van der Waals surface area (Å²) in [4.78, 5) is 10.7. The number of nitrogens with zero attached hydrogens (tertiary/aromatic N) is 3. The van der Waals surface area contributed by atoms with E-state index < -0.39 is 4.92 Å². The number of nitro groups is 1. The molecule has 2 aromatic carbocycles. The van der Waals surface area contributed by atoms with E-state index in [1.807, 2.05) is 36.4 Å². The van der Waals surface area contributed by atoms with E-state index in [9.17, 15) is 10.1 Å². The standard InChI is InChI=1S/C17H16N4O2S/c1-18-17(24)20-16(13-8-5-9-14(10-13)21(22)23)11-15(19-20)12-6-3-2-4-7-12/h2-10,16H,11H2,1H3,(H,18,24)/t16-/m0/s1. The van der Waals surface area contributed by atoms with Crippen molar-refractivity contribution in [3.05, 3.63) is 75.8 Å². The summed E-state index contributed by atoms with van der Waals surface area (Å²) < 4.78 is 0. The van der Waals surface area contributed by atoms with Crippen LogP contribution < -0.4 is 5.32 Å². The van der Waals surface area contributed by atoms with Gasteiger partial charge in [0.2, 0.25) is 0 Å². The Morgan fingerprint density at radius 1 is 1.29 bits per heavy atom. The van der Waals surface area contributed by atoms with Crippen molar-refractivity contribution in [1.82, 2.24) is 10.3 Å². The molecule has 0 unspecified atom stereocenters. The number of hydrazone groups is 1. The normalized spacial score (nSPS) is 16.6. The fourth-order valence-corrected chi connectivity index (χ4v) is 2.89. The zero-order valence-corrected chi connectivity index (χ0v) is 13.9. The first-order valence-corrected chi connectivity index (χ1v) is 7.89. The number of thiocarbonyl (C=S) groups is 1. The number of nitrogens with one attached hydrogen (secondary N) is 1. The summed E-state index contributed by atoms with van der Waals surface area (Å²) in [6.07, 6.45) is 0.632. The fraction of sp³-hybridized carbons (Fsp3) is 0.176. The molecular formula is C17H16N4O2S. The molecule has 1 heterocycles. The molecule has 0 saturated heterocycles. The van der Waals surface area contributed by atoms with Crippen LogP contribution >= 0.6 is 12.2 Å². The van der Waals surface area contributed by atoms with Crippen LogP contribution in [0.2, 0.25) is 0 Å². The number of hydrogen-bond acceptors (Lipinski definition) is 4. The van der Waals surface area contributed by atoms with Gasteiger partial charge in [-0.2, -0.15) is 5.10 Å². The highest BCUT2D eigenvalue weighted by Crippen LogP contribution is 2.34. The number of benzene rings is 2. The van der Waals surface area contributed by atoms with Crippen LogP contribution in [0.5, 0.6) is 0 Å². The third-order valence-corrected chi connectivity index (χ3v) is 4.30. The topological polar surface area (TPSA) is 70.8 Å². The molecule has 24 heavy (non-hydrogen) atoms. The predicted octanol–water partition coefficient (Wildman–Crippen LogP) is 3.25. The molecule has 1 N–H and O–H groups in total. The molecule has 1 atom stereocenters. The van der Waals surface area contributed by atoms with Crippen molar-refractivity contribution in [1.29, 1.82) is 0 Å². The summed E-state index contributed by atoms with van der Waals surface area (Å²) in [5, 5.41) is 20.8. The highest BCUT2D eigenvalue weighted by Gasteiger charge is 2.31. The lowest BCUT2D eigenvalue weighted by Gasteiger charge is -2.23. The van der Waals surface area contributed by atoms with Gasteiger partial charge in [-0.05, 0) is 23.3 Å². The number of hydrogen-bond donors (Lipinski definition) is 1. The van der Waals surface area contributed by atoms with Gasteiger partial charge >= 0.3 is 0 Å². The van der Waals surface area contributed by atoms with Crippen LogP contribution in [0.1, 0.15) is 23.6 Å². The Morgan fingerprint density at radius 3 is 2.71 bits per heavy atom. The number of rotatable bonds is 3. The lowest BCUT2D eigenvalue weighted by atomic mass is 9.98. The summed E-state index contributed by atoms with van der Waals surface area (Å²) in [7, 11) is 1.74. The highest BCUT2D eigenvalue weighted by atomic mass is 32.1. The number of non-ortho nitro benzene ring substituents is 1. The molecule has 0 aromatic heterocycles. The van der Waals surface area contributed by atoms with Gasteiger partial charge < -0.3 is 5.32 Å². The van der Waals surface area contributed by atoms with Crippen LogP contribution in [0.15, 0.2) is 59.7 Å². The Morgan fingerprint density at radius 2 is 2.04 bits per heavy atom. The van der Waals surface area contributed by atoms with Crippen LogP contribution in [0.4, 0.5) is 5.69 Å². The van der Waals surface area contributed by atoms with Crippen molar-refractivity contribution in [3.8, 4) is 0 Å². The molecule has 0 saturated carbocycles. The lowest BCUT2D eigenvalue weighted by Crippen LogP contribution is -2.34. The minimum Gasteiger partial charge on any atom is -0.364 e. The Hall–Kier alpha value is -2.80. The van der Waals surface area contributed by atoms with E-state index in [-0.39, 0.29) is 11.7 Å². The van der Waals surface area contributed by atoms with Gasteiger partial charge in [-0.1, -0.05) is 42.5 Å². The maximum absolute atomic E-state index is 11.1. The molecule has 0 amide bonds. The Bertz CT molecular complexity index is 807. The van der Waals surface area contributed by atoms with Crippen LogP contribution in [0, 0.1) is 10.1 Å². The van der Waals surface area contributed by atoms with Gasteiger partial charge in [0.05, 0.1) is 16.7 Å². The van der Waals surface area contributed by atoms with E-state index in [0.29, 0.717) is 11.5 Å². The molecule has 122 valence electrons. The van der Waals surface area contributed by atoms with Gasteiger partial charge in [0.25, 0.3) is 5.69 Å². The molecule has 1 aliphatic rings. The molecule has 0 radical (unpaired) electrons. The molecule has 1 aliphatic heterocycles. The van der Waals surface area contributed by atoms with Crippen molar-refractivity contribution in [3.63, 3.8) is 0 Å². The molecular weight excluding hydrogens is 324 g/mol. The smallest absolute Gasteiger partial charge is 0.269 e. The minimum absolute atomic E-state index is 0.0657. The zero-order valence-electron chi connectivity index (χ0n) is 13.0. The average molecular weight is 340 g/mol. The van der Waals surface area contributed by atoms with Gasteiger partial charge in [-0.3, -0.25) is 10.1 Å². The SMILES string of the molecule is CNC(=S)N1N=C(c2ccccc2)C[C@H]1c1cccc([N+](=O)[O-])c1. The summed E-state index contributed by atoms with van der Waals surface area (Å²) in [5.74, 6) is 0. The van der Waals surface area contributed by atoms with Crippen molar-refractivity contribution in [2.45, 2.75) is 12.5 Å². The van der Waals surface area contributed by atoms with Crippen LogP contribution in [-0.2, 0) is 0 Å². The maximum atomic E-state index is 11.1. The second-order valence-electron chi connectivity index (χ2n) is 5.38. The van der Waals surface area contributed by atoms with Crippen LogP contribution in [0.25, 0.3) is 0 Å². The third-order valence-electron chi connectivity index (χ3n) is 3.91. The van der Waals surface area contributed by atoms with Gasteiger partial charge in [0.15, 0.2) is 5.11 Å². The van der Waals surface area contributed by atoms with E-state index >= 15 is 0 Å². The lowest BCUT2D eigenvalue weighted by molar-refractivity contribution is -0.384. The van der Waals surface area contributed by atoms with E-state index in [1.165, 1.54) is 6.07 Å². The van der Waals surface area contributed by atoms with Crippen molar-refractivity contribution >= 4 is 28.7 Å². The van der Waals surface area contributed by atoms with Gasteiger partial charge in [0, 0.05) is 25.6 Å². The summed E-state index contributed by atoms with van der Waals surface area (Å²) in [6.45, 7) is 0. The predicted molar refractivity (Wildman–Crippen MR) is 96.9 cm³/mol. The Labute approximate surface area is 144 Å². The minimum atomic E-state index is -0.391. The van der Waals surface area contributed by atoms with Crippen molar-refractivity contribution in [2.75, 3.05) is 7.05 Å². The molecule has 3 rings (SSSR count). The largest absolute Gasteiger partial charge is 0.364 e. The first-order chi connectivity index (χ1) is 11.6. The molecule has 2 aromatic rings. The van der Waals surface area contributed by atoms with E-state index in [1.54, 1.807) is 24.2 Å². The molecule has 0 fully saturated rings. The molecule has 0 bridgehead atoms. The van der Waals surface area contributed by atoms with Crippen molar-refractivity contribution in [2.24, 2.45) is 5.10 Å². The second kappa shape index (κ2) is 6.76. The second-order valence-corrected chi connectivity index (χ2v) is 5.77. The van der Waals surface area contributed by atoms with Crippen LogP contribution in [0.3, 0.4) is 0 Å². The molecule has 0 spiro atoms. The summed E-state index contributed by atoms with van der Waals surface area (Å²) >= 11 is 5.35. The third kappa shape index (κ3) is 3.11. The average Bonchev–Trinajstić information content (AvgIpc) is 3.07. The first-order valence-electron chi connectivity index (χ1n) is 7.48. The van der Waals surface area contributed by atoms with Gasteiger partial charge in [-0.15, -0.1) is 0 Å². The first kappa shape index (κ1) is 16.1. The summed E-state index contributed by atoms with van der Waals surface area (Å²) in [5.41, 5.74) is 2.81. The van der Waals surface area contributed by atoms with Gasteiger partial charge in [-0.25, -0.2) is 5.01 Å². The maximum Gasteiger partial charge on any atom is 0.269 e. The fourth-order valence-electron chi connectivity index (χ4n) is 2.72. The van der Waals surface area contributed by atoms with Crippen molar-refractivity contribution < 1.29 is 4.92 Å². The molecule has 6 nitrogen and oxygen atoms in total. The highest BCUT2D eigenvalue weighted by molar-refractivity contribution is 7.80. The Kier molecular flexibility index (Phi) is 4.52. The summed E-state index contributed by atoms with van der Waals surface area (Å²) in [6, 6.07) is 16.3. The van der Waals surface area contributed by atoms with E-state index in [4.69, 9.17) is 12.2 Å². The quantitative estimate of drug-likeness (QED) is 0.528. The van der Waals surface area contributed by atoms with E-state index in [2.05, 4.69) is 10.4 Å². The Balaban J connectivity index is 1.97. The van der Waals surface area contributed by atoms with Gasteiger partial charge in [0.1, 0.15) is 0 Å².